The molecule has 0 aliphatic heterocycles. The van der Waals surface area contributed by atoms with Crippen LogP contribution in [0.3, 0.4) is 0 Å². The number of benzene rings is 2. The number of nitrogen functional groups attached to an aromatic ring is 1. The number of nitrogens with two attached hydrogens (primary N) is 1. The van der Waals surface area contributed by atoms with Gasteiger partial charge in [0.25, 0.3) is 5.91 Å². The lowest BCUT2D eigenvalue weighted by atomic mass is 10.2. The molecule has 0 saturated heterocycles. The number of halogens is 4. The van der Waals surface area contributed by atoms with Crippen LogP contribution < -0.4 is 26.6 Å². The van der Waals surface area contributed by atoms with Crippen LogP contribution in [0, 0.1) is 0 Å². The summed E-state index contributed by atoms with van der Waals surface area (Å²) in [7, 11) is 0. The van der Waals surface area contributed by atoms with E-state index in [-0.39, 0.29) is 33.7 Å². The zero-order valence-corrected chi connectivity index (χ0v) is 15.8. The molecular weight excluding hydrogens is 425 g/mol. The van der Waals surface area contributed by atoms with Crippen molar-refractivity contribution in [3.8, 4) is 5.75 Å². The van der Waals surface area contributed by atoms with E-state index in [0.29, 0.717) is 5.69 Å². The topological polar surface area (TPSA) is 114 Å². The smallest absolute Gasteiger partial charge is 0.406 e. The van der Waals surface area contributed by atoms with E-state index >= 15 is 0 Å². The summed E-state index contributed by atoms with van der Waals surface area (Å²) >= 11 is 5.97. The summed E-state index contributed by atoms with van der Waals surface area (Å²) in [6, 6.07) is 11.4. The second-order valence-electron chi connectivity index (χ2n) is 5.74. The highest BCUT2D eigenvalue weighted by Crippen LogP contribution is 2.28. The Hall–Kier alpha value is -3.73. The fourth-order valence-electron chi connectivity index (χ4n) is 2.30. The third-order valence-electron chi connectivity index (χ3n) is 3.65. The van der Waals surface area contributed by atoms with Crippen molar-refractivity contribution in [1.29, 1.82) is 0 Å². The van der Waals surface area contributed by atoms with Crippen LogP contribution in [0.5, 0.6) is 5.75 Å². The molecule has 2 aromatic carbocycles. The molecule has 0 aliphatic carbocycles. The largest absolute Gasteiger partial charge is 0.573 e. The van der Waals surface area contributed by atoms with Gasteiger partial charge in [-0.25, -0.2) is 9.97 Å². The number of hydrogen-bond acceptors (Lipinski definition) is 7. The first-order valence-corrected chi connectivity index (χ1v) is 8.65. The average Bonchev–Trinajstić information content (AvgIpc) is 2.69. The van der Waals surface area contributed by atoms with Crippen molar-refractivity contribution in [2.75, 3.05) is 16.5 Å². The van der Waals surface area contributed by atoms with E-state index in [1.165, 1.54) is 18.5 Å². The summed E-state index contributed by atoms with van der Waals surface area (Å²) < 4.78 is 40.5. The molecule has 3 aromatic rings. The number of rotatable bonds is 6. The predicted octanol–water partition coefficient (Wildman–Crippen LogP) is 4.11. The molecule has 1 heterocycles. The Bertz CT molecular complexity index is 1050. The number of hydrazine groups is 1. The van der Waals surface area contributed by atoms with Crippen molar-refractivity contribution in [3.05, 3.63) is 65.4 Å². The van der Waals surface area contributed by atoms with E-state index in [1.807, 2.05) is 0 Å². The van der Waals surface area contributed by atoms with Crippen LogP contribution in [0.2, 0.25) is 5.02 Å². The van der Waals surface area contributed by atoms with E-state index in [2.05, 4.69) is 30.9 Å². The average molecular weight is 439 g/mol. The summed E-state index contributed by atoms with van der Waals surface area (Å²) in [5.74, 6) is -0.601. The Morgan fingerprint density at radius 1 is 1.03 bits per heavy atom. The maximum absolute atomic E-state index is 12.2. The second kappa shape index (κ2) is 8.74. The lowest BCUT2D eigenvalue weighted by molar-refractivity contribution is -0.274. The van der Waals surface area contributed by atoms with Crippen molar-refractivity contribution in [2.45, 2.75) is 6.36 Å². The Morgan fingerprint density at radius 2 is 1.70 bits per heavy atom. The molecule has 0 unspecified atom stereocenters. The minimum Gasteiger partial charge on any atom is -0.406 e. The van der Waals surface area contributed by atoms with Crippen molar-refractivity contribution >= 4 is 40.5 Å². The van der Waals surface area contributed by atoms with Crippen molar-refractivity contribution in [3.63, 3.8) is 0 Å². The van der Waals surface area contributed by atoms with E-state index in [9.17, 15) is 18.0 Å². The summed E-state index contributed by atoms with van der Waals surface area (Å²) in [4.78, 5) is 20.1. The van der Waals surface area contributed by atoms with Gasteiger partial charge in [0.1, 0.15) is 17.8 Å². The van der Waals surface area contributed by atoms with Gasteiger partial charge in [0.2, 0.25) is 0 Å². The van der Waals surface area contributed by atoms with Crippen LogP contribution in [0.4, 0.5) is 36.2 Å². The molecule has 0 fully saturated rings. The lowest BCUT2D eigenvalue weighted by Crippen LogP contribution is -2.30. The highest BCUT2D eigenvalue weighted by molar-refractivity contribution is 6.33. The molecule has 3 rings (SSSR count). The van der Waals surface area contributed by atoms with Gasteiger partial charge in [-0.15, -0.1) is 13.2 Å². The van der Waals surface area contributed by atoms with Gasteiger partial charge in [0.05, 0.1) is 10.6 Å². The number of carbonyl (C=O) groups excluding carboxylic acids is 1. The Kier molecular flexibility index (Phi) is 6.11. The Balaban J connectivity index is 1.68. The number of nitrogens with zero attached hydrogens (tertiary/aromatic N) is 2. The third kappa shape index (κ3) is 5.41. The summed E-state index contributed by atoms with van der Waals surface area (Å²) in [5, 5.41) is 3.12. The molecule has 156 valence electrons. The number of aromatic nitrogens is 2. The predicted molar refractivity (Wildman–Crippen MR) is 105 cm³/mol. The fourth-order valence-corrected chi connectivity index (χ4v) is 2.52. The first kappa shape index (κ1) is 21.0. The molecule has 0 spiro atoms. The van der Waals surface area contributed by atoms with Crippen LogP contribution in [-0.2, 0) is 0 Å². The van der Waals surface area contributed by atoms with Crippen LogP contribution >= 0.6 is 11.6 Å². The highest BCUT2D eigenvalue weighted by Gasteiger charge is 2.30. The van der Waals surface area contributed by atoms with Crippen LogP contribution in [0.15, 0.2) is 54.9 Å². The Morgan fingerprint density at radius 3 is 2.37 bits per heavy atom. The minimum atomic E-state index is -4.78. The fraction of sp³-hybridized carbons (Fsp3) is 0.0556. The quantitative estimate of drug-likeness (QED) is 0.428. The molecule has 0 saturated carbocycles. The number of amides is 1. The summed E-state index contributed by atoms with van der Waals surface area (Å²) in [5.41, 5.74) is 11.7. The molecule has 0 aliphatic rings. The van der Waals surface area contributed by atoms with Crippen molar-refractivity contribution in [1.82, 2.24) is 15.4 Å². The zero-order valence-electron chi connectivity index (χ0n) is 15.0. The van der Waals surface area contributed by atoms with E-state index in [4.69, 9.17) is 17.3 Å². The van der Waals surface area contributed by atoms with Gasteiger partial charge in [0.15, 0.2) is 11.6 Å². The van der Waals surface area contributed by atoms with Gasteiger partial charge in [-0.3, -0.25) is 15.6 Å². The first-order chi connectivity index (χ1) is 14.2. The maximum Gasteiger partial charge on any atom is 0.573 e. The maximum atomic E-state index is 12.2. The zero-order chi connectivity index (χ0) is 21.7. The Labute approximate surface area is 173 Å². The van der Waals surface area contributed by atoms with Crippen LogP contribution in [0.25, 0.3) is 0 Å². The molecular formula is C18H14ClF3N6O2. The van der Waals surface area contributed by atoms with E-state index < -0.39 is 12.3 Å². The number of anilines is 4. The molecule has 1 aromatic heterocycles. The van der Waals surface area contributed by atoms with Gasteiger partial charge < -0.3 is 15.8 Å². The molecule has 5 N–H and O–H groups in total. The van der Waals surface area contributed by atoms with Crippen molar-refractivity contribution < 1.29 is 22.7 Å². The lowest BCUT2D eigenvalue weighted by Gasteiger charge is -2.14. The molecule has 0 radical (unpaired) electrons. The SMILES string of the molecule is Nc1c(NNC(=O)c2ccccc2Cl)ncnc1Nc1ccc(OC(F)(F)F)cc1. The van der Waals surface area contributed by atoms with Crippen molar-refractivity contribution in [2.24, 2.45) is 0 Å². The summed E-state index contributed by atoms with van der Waals surface area (Å²) in [6.07, 6.45) is -3.59. The number of alkyl halides is 3. The van der Waals surface area contributed by atoms with E-state index in [1.54, 1.807) is 24.3 Å². The number of hydrogen-bond donors (Lipinski definition) is 4. The van der Waals surface area contributed by atoms with Crippen LogP contribution in [0.1, 0.15) is 10.4 Å². The van der Waals surface area contributed by atoms with E-state index in [0.717, 1.165) is 12.1 Å². The molecule has 8 nitrogen and oxygen atoms in total. The second-order valence-corrected chi connectivity index (χ2v) is 6.15. The van der Waals surface area contributed by atoms with Gasteiger partial charge in [-0.2, -0.15) is 0 Å². The number of carbonyl (C=O) groups is 1. The monoisotopic (exact) mass is 438 g/mol. The standard InChI is InChI=1S/C18H14ClF3N6O2/c19-13-4-2-1-3-12(13)17(29)28-27-16-14(23)15(24-9-25-16)26-10-5-7-11(8-6-10)30-18(20,21)22/h1-9H,23H2,(H,28,29)(H2,24,25,26,27). The number of nitrogens with one attached hydrogen (secondary N) is 3. The molecule has 1 amide bonds. The van der Waals surface area contributed by atoms with Gasteiger partial charge in [-0.05, 0) is 36.4 Å². The summed E-state index contributed by atoms with van der Waals surface area (Å²) in [6.45, 7) is 0. The van der Waals surface area contributed by atoms with Crippen LogP contribution in [-0.4, -0.2) is 22.2 Å². The minimum absolute atomic E-state index is 0.0626. The first-order valence-electron chi connectivity index (χ1n) is 8.27. The third-order valence-corrected chi connectivity index (χ3v) is 3.98. The number of ether oxygens (including phenoxy) is 1. The molecule has 12 heteroatoms. The van der Waals surface area contributed by atoms with Gasteiger partial charge >= 0.3 is 6.36 Å². The molecule has 0 atom stereocenters. The highest BCUT2D eigenvalue weighted by atomic mass is 35.5. The molecule has 0 bridgehead atoms. The normalized spacial score (nSPS) is 10.9. The van der Waals surface area contributed by atoms with Gasteiger partial charge in [-0.1, -0.05) is 23.7 Å². The van der Waals surface area contributed by atoms with Gasteiger partial charge in [0, 0.05) is 5.69 Å². The molecule has 30 heavy (non-hydrogen) atoms.